The third kappa shape index (κ3) is 4.77. The van der Waals surface area contributed by atoms with Crippen LogP contribution in [0.3, 0.4) is 0 Å². The van der Waals surface area contributed by atoms with Gasteiger partial charge in [-0.25, -0.2) is 9.78 Å². The zero-order chi connectivity index (χ0) is 26.5. The van der Waals surface area contributed by atoms with Crippen molar-refractivity contribution < 1.29 is 14.3 Å². The van der Waals surface area contributed by atoms with Gasteiger partial charge in [-0.1, -0.05) is 0 Å². The molecule has 0 saturated carbocycles. The Morgan fingerprint density at radius 3 is 2.70 bits per heavy atom. The Balaban J connectivity index is 1.39. The van der Waals surface area contributed by atoms with E-state index >= 15 is 0 Å². The van der Waals surface area contributed by atoms with E-state index in [0.717, 1.165) is 63.2 Å². The molecule has 0 bridgehead atoms. The van der Waals surface area contributed by atoms with Crippen molar-refractivity contribution in [2.75, 3.05) is 32.1 Å². The summed E-state index contributed by atoms with van der Waals surface area (Å²) in [6.07, 6.45) is 4.39. The van der Waals surface area contributed by atoms with Crippen molar-refractivity contribution in [1.29, 1.82) is 0 Å². The molecule has 1 atom stereocenters. The molecule has 1 unspecified atom stereocenters. The summed E-state index contributed by atoms with van der Waals surface area (Å²) in [5.41, 5.74) is 3.99. The molecule has 194 valence electrons. The largest absolute Gasteiger partial charge is 0.496 e. The third-order valence-corrected chi connectivity index (χ3v) is 6.85. The predicted molar refractivity (Wildman–Crippen MR) is 145 cm³/mol. The minimum Gasteiger partial charge on any atom is -0.496 e. The fourth-order valence-corrected chi connectivity index (χ4v) is 4.98. The van der Waals surface area contributed by atoms with E-state index in [0.29, 0.717) is 6.54 Å². The molecule has 0 radical (unpaired) electrons. The lowest BCUT2D eigenvalue weighted by atomic mass is 10.0. The van der Waals surface area contributed by atoms with Gasteiger partial charge >= 0.3 is 6.09 Å². The normalized spacial score (nSPS) is 16.0. The number of rotatable bonds is 4. The zero-order valence-electron chi connectivity index (χ0n) is 22.6. The smallest absolute Gasteiger partial charge is 0.410 e. The van der Waals surface area contributed by atoms with Crippen molar-refractivity contribution in [3.8, 4) is 17.0 Å². The molecule has 1 saturated heterocycles. The molecule has 0 aliphatic carbocycles. The number of anilines is 1. The van der Waals surface area contributed by atoms with Gasteiger partial charge in [0.05, 0.1) is 36.1 Å². The Kier molecular flexibility index (Phi) is 6.17. The number of benzene rings is 1. The number of fused-ring (bicyclic) bond motifs is 2. The minimum absolute atomic E-state index is 0.0749. The van der Waals surface area contributed by atoms with E-state index in [1.807, 2.05) is 57.9 Å². The monoisotopic (exact) mass is 502 g/mol. The van der Waals surface area contributed by atoms with E-state index in [9.17, 15) is 4.79 Å². The average Bonchev–Trinajstić information content (AvgIpc) is 3.48. The van der Waals surface area contributed by atoms with Crippen molar-refractivity contribution in [3.05, 3.63) is 42.2 Å². The molecule has 1 aliphatic rings. The van der Waals surface area contributed by atoms with Crippen LogP contribution in [-0.2, 0) is 11.8 Å². The average molecular weight is 503 g/mol. The van der Waals surface area contributed by atoms with Gasteiger partial charge in [-0.3, -0.25) is 9.67 Å². The summed E-state index contributed by atoms with van der Waals surface area (Å²) >= 11 is 0. The number of aryl methyl sites for hydroxylation is 2. The van der Waals surface area contributed by atoms with Crippen LogP contribution in [0.1, 0.15) is 32.8 Å². The standard InChI is InChI=1S/C28H34N6O3/c1-17-25-19(15-32(5)31-25)12-21(26(17)36-7)22-13-18-8-9-24(30-23(18)14-29-22)34-11-10-20(16-34)33(6)27(35)37-28(2,3)4/h8-9,12-15,20H,10-11,16H2,1-7H3. The number of aromatic nitrogens is 4. The van der Waals surface area contributed by atoms with Gasteiger partial charge in [0.1, 0.15) is 17.2 Å². The van der Waals surface area contributed by atoms with Crippen LogP contribution in [0.15, 0.2) is 36.7 Å². The van der Waals surface area contributed by atoms with E-state index < -0.39 is 5.60 Å². The molecule has 4 heterocycles. The molecular weight excluding hydrogens is 468 g/mol. The fraction of sp³-hybridized carbons (Fsp3) is 0.429. The van der Waals surface area contributed by atoms with Crippen LogP contribution in [0, 0.1) is 6.92 Å². The molecule has 9 heteroatoms. The van der Waals surface area contributed by atoms with Crippen molar-refractivity contribution in [1.82, 2.24) is 24.6 Å². The van der Waals surface area contributed by atoms with Crippen LogP contribution >= 0.6 is 0 Å². The molecule has 1 aliphatic heterocycles. The van der Waals surface area contributed by atoms with Gasteiger partial charge in [-0.05, 0) is 58.4 Å². The van der Waals surface area contributed by atoms with Crippen molar-refractivity contribution in [2.45, 2.75) is 45.8 Å². The first-order valence-corrected chi connectivity index (χ1v) is 12.5. The van der Waals surface area contributed by atoms with Gasteiger partial charge in [0, 0.05) is 55.3 Å². The van der Waals surface area contributed by atoms with Gasteiger partial charge < -0.3 is 19.3 Å². The summed E-state index contributed by atoms with van der Waals surface area (Å²) in [6, 6.07) is 8.32. The molecule has 1 amide bonds. The molecule has 3 aromatic heterocycles. The molecule has 37 heavy (non-hydrogen) atoms. The number of carbonyl (C=O) groups is 1. The summed E-state index contributed by atoms with van der Waals surface area (Å²) in [5.74, 6) is 1.66. The third-order valence-electron chi connectivity index (χ3n) is 6.85. The lowest BCUT2D eigenvalue weighted by molar-refractivity contribution is 0.0238. The quantitative estimate of drug-likeness (QED) is 0.390. The van der Waals surface area contributed by atoms with Gasteiger partial charge in [0.2, 0.25) is 0 Å². The van der Waals surface area contributed by atoms with Gasteiger partial charge in [0.15, 0.2) is 0 Å². The second kappa shape index (κ2) is 9.21. The maximum absolute atomic E-state index is 12.5. The first kappa shape index (κ1) is 24.8. The number of ether oxygens (including phenoxy) is 2. The highest BCUT2D eigenvalue weighted by molar-refractivity contribution is 5.92. The Bertz CT molecular complexity index is 1490. The molecule has 5 rings (SSSR count). The fourth-order valence-electron chi connectivity index (χ4n) is 4.98. The number of amides is 1. The van der Waals surface area contributed by atoms with E-state index in [2.05, 4.69) is 28.2 Å². The van der Waals surface area contributed by atoms with Crippen LogP contribution in [0.25, 0.3) is 33.1 Å². The number of methoxy groups -OCH3 is 1. The second-order valence-corrected chi connectivity index (χ2v) is 10.7. The highest BCUT2D eigenvalue weighted by Gasteiger charge is 2.31. The maximum atomic E-state index is 12.5. The Morgan fingerprint density at radius 1 is 1.19 bits per heavy atom. The second-order valence-electron chi connectivity index (χ2n) is 10.7. The topological polar surface area (TPSA) is 85.6 Å². The first-order chi connectivity index (χ1) is 17.5. The number of nitrogens with zero attached hydrogens (tertiary/aromatic N) is 6. The van der Waals surface area contributed by atoms with Crippen LogP contribution in [0.5, 0.6) is 5.75 Å². The van der Waals surface area contributed by atoms with E-state index in [1.165, 1.54) is 0 Å². The van der Waals surface area contributed by atoms with E-state index in [1.54, 1.807) is 19.1 Å². The van der Waals surface area contributed by atoms with Gasteiger partial charge in [-0.2, -0.15) is 5.10 Å². The molecule has 1 fully saturated rings. The van der Waals surface area contributed by atoms with E-state index in [-0.39, 0.29) is 12.1 Å². The number of hydrogen-bond acceptors (Lipinski definition) is 7. The number of carbonyl (C=O) groups excluding carboxylic acids is 1. The van der Waals surface area contributed by atoms with Crippen LogP contribution in [0.2, 0.25) is 0 Å². The van der Waals surface area contributed by atoms with Crippen LogP contribution in [0.4, 0.5) is 10.6 Å². The Hall–Kier alpha value is -3.88. The lowest BCUT2D eigenvalue weighted by Gasteiger charge is -2.28. The molecule has 9 nitrogen and oxygen atoms in total. The predicted octanol–water partition coefficient (Wildman–Crippen LogP) is 4.95. The summed E-state index contributed by atoms with van der Waals surface area (Å²) in [4.78, 5) is 26.1. The molecular formula is C28H34N6O3. The zero-order valence-corrected chi connectivity index (χ0v) is 22.6. The Morgan fingerprint density at radius 2 is 1.97 bits per heavy atom. The number of pyridine rings is 2. The van der Waals surface area contributed by atoms with Crippen LogP contribution < -0.4 is 9.64 Å². The summed E-state index contributed by atoms with van der Waals surface area (Å²) in [6.45, 7) is 9.20. The Labute approximate surface area is 217 Å². The van der Waals surface area contributed by atoms with Gasteiger partial charge in [-0.15, -0.1) is 0 Å². The van der Waals surface area contributed by atoms with Crippen molar-refractivity contribution in [3.63, 3.8) is 0 Å². The van der Waals surface area contributed by atoms with Gasteiger partial charge in [0.25, 0.3) is 0 Å². The molecule has 0 N–H and O–H groups in total. The number of hydrogen-bond donors (Lipinski definition) is 0. The highest BCUT2D eigenvalue weighted by Crippen LogP contribution is 2.37. The summed E-state index contributed by atoms with van der Waals surface area (Å²) in [5, 5.41) is 6.62. The molecule has 0 spiro atoms. The maximum Gasteiger partial charge on any atom is 0.410 e. The number of likely N-dealkylation sites (N-methyl/N-ethyl adjacent to an activating group) is 1. The minimum atomic E-state index is -0.512. The summed E-state index contributed by atoms with van der Waals surface area (Å²) < 4.78 is 13.1. The van der Waals surface area contributed by atoms with Crippen molar-refractivity contribution >= 4 is 33.7 Å². The van der Waals surface area contributed by atoms with Crippen LogP contribution in [-0.4, -0.2) is 69.6 Å². The first-order valence-electron chi connectivity index (χ1n) is 12.5. The molecule has 1 aromatic carbocycles. The SMILES string of the molecule is COc1c(-c2cc3ccc(N4CCC(N(C)C(=O)OC(C)(C)C)C4)nc3cn2)cc2cn(C)nc2c1C. The van der Waals surface area contributed by atoms with E-state index in [4.69, 9.17) is 19.4 Å². The highest BCUT2D eigenvalue weighted by atomic mass is 16.6. The molecule has 4 aromatic rings. The lowest BCUT2D eigenvalue weighted by Crippen LogP contribution is -2.42. The van der Waals surface area contributed by atoms with Crippen molar-refractivity contribution in [2.24, 2.45) is 7.05 Å². The summed E-state index contributed by atoms with van der Waals surface area (Å²) in [7, 11) is 5.40.